The third-order valence-corrected chi connectivity index (χ3v) is 23.6. The van der Waals surface area contributed by atoms with Gasteiger partial charge in [0.1, 0.15) is 34.9 Å². The maximum atomic E-state index is 19.1. The largest absolute Gasteiger partial charge is 0.443 e. The van der Waals surface area contributed by atoms with Gasteiger partial charge in [-0.15, -0.1) is 0 Å². The number of ether oxygens (including phenoxy) is 3. The van der Waals surface area contributed by atoms with Crippen LogP contribution in [0.5, 0.6) is 0 Å². The van der Waals surface area contributed by atoms with Gasteiger partial charge in [-0.2, -0.15) is 4.90 Å². The lowest BCUT2D eigenvalue weighted by atomic mass is 10.00. The molecule has 16 heteroatoms. The summed E-state index contributed by atoms with van der Waals surface area (Å²) in [7, 11) is -6.77. The summed E-state index contributed by atoms with van der Waals surface area (Å²) in [6, 6.07) is 40.5. The number of amides is 2. The van der Waals surface area contributed by atoms with Gasteiger partial charge >= 0.3 is 12.2 Å². The Kier molecular flexibility index (Phi) is 15.8. The maximum absolute atomic E-state index is 19.1. The first-order valence-electron chi connectivity index (χ1n) is 24.5. The van der Waals surface area contributed by atoms with Crippen molar-refractivity contribution in [1.29, 1.82) is 0 Å². The molecule has 2 unspecified atom stereocenters. The van der Waals surface area contributed by atoms with Crippen LogP contribution in [0.25, 0.3) is 0 Å². The molecule has 72 heavy (non-hydrogen) atoms. The number of halogens is 3. The maximum Gasteiger partial charge on any atom is 0.425 e. The van der Waals surface area contributed by atoms with Crippen LogP contribution in [0.1, 0.15) is 120 Å². The Morgan fingerprint density at radius 2 is 1.14 bits per heavy atom. The van der Waals surface area contributed by atoms with Crippen LogP contribution in [0.15, 0.2) is 145 Å². The molecule has 2 aliphatic heterocycles. The van der Waals surface area contributed by atoms with E-state index < -0.39 is 79.6 Å². The van der Waals surface area contributed by atoms with Gasteiger partial charge in [0.2, 0.25) is 0 Å². The first-order valence-corrected chi connectivity index (χ1v) is 29.0. The van der Waals surface area contributed by atoms with Gasteiger partial charge in [0.25, 0.3) is 21.8 Å². The zero-order chi connectivity index (χ0) is 52.7. The van der Waals surface area contributed by atoms with E-state index >= 15 is 4.39 Å². The third kappa shape index (κ3) is 11.0. The summed E-state index contributed by atoms with van der Waals surface area (Å²) in [5, 5.41) is 0.0431. The van der Waals surface area contributed by atoms with E-state index in [-0.39, 0.29) is 29.7 Å². The SMILES string of the molecule is CC1C/C=C(\N(C(=O)OC(C)(C)C)C(=O)OC(C)(C)C)N=C(Cl)c2ncn([C@@H]3O[C@H](CO[Si](c4ccccc4)(c4ccccc4)C(C)(C)C)C(O[Si](c4ccccc4)(c4ccccc4)C(C)(C)C)[C@]3(F)Cl)c21. The van der Waals surface area contributed by atoms with Crippen LogP contribution in [0.3, 0.4) is 0 Å². The smallest absolute Gasteiger partial charge is 0.425 e. The van der Waals surface area contributed by atoms with E-state index in [0.717, 1.165) is 25.6 Å². The van der Waals surface area contributed by atoms with Crippen LogP contribution in [0.2, 0.25) is 10.1 Å². The zero-order valence-electron chi connectivity index (χ0n) is 43.7. The number of imidazole rings is 1. The van der Waals surface area contributed by atoms with Crippen LogP contribution in [0.4, 0.5) is 14.0 Å². The number of carbonyl (C=O) groups excluding carboxylic acids is 2. The van der Waals surface area contributed by atoms with E-state index in [9.17, 15) is 9.59 Å². The summed E-state index contributed by atoms with van der Waals surface area (Å²) in [6.07, 6.45) is -2.81. The number of alkyl halides is 2. The fraction of sp³-hybridized carbons (Fsp3) is 0.429. The van der Waals surface area contributed by atoms with Crippen molar-refractivity contribution < 1.29 is 37.0 Å². The molecule has 11 nitrogen and oxygen atoms in total. The molecule has 0 saturated carbocycles. The van der Waals surface area contributed by atoms with Gasteiger partial charge in [-0.05, 0) is 84.9 Å². The van der Waals surface area contributed by atoms with E-state index in [0.29, 0.717) is 5.69 Å². The molecule has 1 fully saturated rings. The molecular formula is C56H69Cl2FN4O7Si2. The second kappa shape index (κ2) is 20.8. The molecule has 7 rings (SSSR count). The van der Waals surface area contributed by atoms with Crippen molar-refractivity contribution in [3.05, 3.63) is 151 Å². The lowest BCUT2D eigenvalue weighted by Crippen LogP contribution is -2.70. The van der Waals surface area contributed by atoms with Crippen LogP contribution in [-0.2, 0) is 23.1 Å². The van der Waals surface area contributed by atoms with Gasteiger partial charge in [0.05, 0.1) is 18.6 Å². The van der Waals surface area contributed by atoms with Gasteiger partial charge in [0, 0.05) is 5.92 Å². The van der Waals surface area contributed by atoms with Crippen LogP contribution in [-0.4, -0.2) is 83.6 Å². The molecule has 0 aliphatic carbocycles. The normalized spacial score (nSPS) is 21.9. The lowest BCUT2D eigenvalue weighted by Gasteiger charge is -2.47. The van der Waals surface area contributed by atoms with Gasteiger partial charge in [-0.1, -0.05) is 193 Å². The zero-order valence-corrected chi connectivity index (χ0v) is 47.2. The predicted molar refractivity (Wildman–Crippen MR) is 290 cm³/mol. The highest BCUT2D eigenvalue weighted by Gasteiger charge is 2.64. The number of fused-ring (bicyclic) bond motifs is 1. The van der Waals surface area contributed by atoms with E-state index in [4.69, 9.17) is 51.2 Å². The number of carbonyl (C=O) groups is 2. The van der Waals surface area contributed by atoms with Crippen LogP contribution in [0, 0.1) is 0 Å². The number of hydrogen-bond donors (Lipinski definition) is 0. The molecule has 0 radical (unpaired) electrons. The minimum Gasteiger partial charge on any atom is -0.443 e. The Bertz CT molecular complexity index is 2640. The number of hydrogen-bond acceptors (Lipinski definition) is 9. The molecule has 4 aromatic carbocycles. The number of rotatable bonds is 11. The van der Waals surface area contributed by atoms with Crippen molar-refractivity contribution in [1.82, 2.24) is 14.5 Å². The second-order valence-electron chi connectivity index (χ2n) is 22.7. The van der Waals surface area contributed by atoms with Crippen molar-refractivity contribution in [2.45, 2.75) is 147 Å². The van der Waals surface area contributed by atoms with E-state index in [1.54, 1.807) is 52.2 Å². The van der Waals surface area contributed by atoms with Crippen LogP contribution >= 0.6 is 23.2 Å². The van der Waals surface area contributed by atoms with E-state index in [1.807, 2.05) is 79.7 Å². The number of allylic oxidation sites excluding steroid dienone is 1. The summed E-state index contributed by atoms with van der Waals surface area (Å²) in [5.41, 5.74) is -1.29. The Morgan fingerprint density at radius 1 is 0.722 bits per heavy atom. The Hall–Kier alpha value is -4.94. The van der Waals surface area contributed by atoms with Crippen molar-refractivity contribution in [3.63, 3.8) is 0 Å². The fourth-order valence-corrected chi connectivity index (χ4v) is 19.9. The summed E-state index contributed by atoms with van der Waals surface area (Å²) in [5.74, 6) is -0.607. The average molecular weight is 1060 g/mol. The second-order valence-corrected chi connectivity index (χ2v) is 32.2. The molecule has 2 aliphatic rings. The monoisotopic (exact) mass is 1050 g/mol. The first-order chi connectivity index (χ1) is 33.6. The molecular weight excluding hydrogens is 987 g/mol. The summed E-state index contributed by atoms with van der Waals surface area (Å²) >= 11 is 14.6. The van der Waals surface area contributed by atoms with Crippen LogP contribution < -0.4 is 20.7 Å². The highest BCUT2D eigenvalue weighted by Crippen LogP contribution is 2.51. The molecule has 1 aromatic heterocycles. The van der Waals surface area contributed by atoms with E-state index in [2.05, 4.69) is 95.1 Å². The Balaban J connectivity index is 1.38. The highest BCUT2D eigenvalue weighted by atomic mass is 35.5. The van der Waals surface area contributed by atoms with E-state index in [1.165, 1.54) is 6.33 Å². The van der Waals surface area contributed by atoms with Crippen molar-refractivity contribution in [2.24, 2.45) is 4.99 Å². The Morgan fingerprint density at radius 3 is 1.54 bits per heavy atom. The molecule has 0 N–H and O–H groups in total. The number of aromatic nitrogens is 2. The molecule has 384 valence electrons. The standard InChI is InChI=1S/C56H69Cl2FN4O7Si2/c1-38-34-35-44(63(50(64)68-52(2,3)4)51(65)69-53(5,6)7)61-48(57)45-46(38)62(37-60-45)49-56(58,59)47(70-72(55(11,12)13,41-30-22-16-23-31-41)42-32-24-17-25-33-42)43(67-49)36-66-71(54(8,9)10,39-26-18-14-19-27-39)40-28-20-15-21-29-40/h14-33,35,37-38,43,47,49H,34,36H2,1-13H3/b44-35-,61-48?/t38?,43-,47?,49-,56-/m1/s1. The molecule has 0 spiro atoms. The van der Waals surface area contributed by atoms with Gasteiger partial charge in [-0.3, -0.25) is 0 Å². The Labute approximate surface area is 437 Å². The molecule has 0 bridgehead atoms. The number of aliphatic imine (C=N–C) groups is 1. The summed E-state index contributed by atoms with van der Waals surface area (Å²) < 4.78 is 54.2. The third-order valence-electron chi connectivity index (χ3n) is 12.9. The van der Waals surface area contributed by atoms with Crippen molar-refractivity contribution in [2.75, 3.05) is 6.61 Å². The molecule has 3 heterocycles. The highest BCUT2D eigenvalue weighted by molar-refractivity contribution is 7.00. The number of imide groups is 1. The van der Waals surface area contributed by atoms with Gasteiger partial charge in [0.15, 0.2) is 11.4 Å². The van der Waals surface area contributed by atoms with Gasteiger partial charge < -0.3 is 27.6 Å². The molecule has 5 aromatic rings. The molecule has 5 atom stereocenters. The number of nitrogens with zero attached hydrogens (tertiary/aromatic N) is 4. The topological polar surface area (TPSA) is 114 Å². The minimum atomic E-state index is -3.54. The fourth-order valence-electron chi connectivity index (χ4n) is 9.91. The predicted octanol–water partition coefficient (Wildman–Crippen LogP) is 11.7. The summed E-state index contributed by atoms with van der Waals surface area (Å²) in [6.45, 7) is 24.9. The lowest BCUT2D eigenvalue weighted by molar-refractivity contribution is -0.0475. The van der Waals surface area contributed by atoms with Crippen molar-refractivity contribution >= 4 is 77.9 Å². The van der Waals surface area contributed by atoms with Gasteiger partial charge in [-0.25, -0.2) is 24.0 Å². The quantitative estimate of drug-likeness (QED) is 0.0949. The summed E-state index contributed by atoms with van der Waals surface area (Å²) in [4.78, 5) is 37.5. The molecule has 1 saturated heterocycles. The first kappa shape index (κ1) is 54.8. The minimum absolute atomic E-state index is 0.0864. The van der Waals surface area contributed by atoms with Crippen molar-refractivity contribution in [3.8, 4) is 0 Å². The molecule has 2 amide bonds. The number of benzene rings is 4. The average Bonchev–Trinajstić information content (AvgIpc) is 3.83.